The summed E-state index contributed by atoms with van der Waals surface area (Å²) in [5.74, 6) is -0.748. The van der Waals surface area contributed by atoms with Crippen LogP contribution in [-0.2, 0) is 33.5 Å². The first kappa shape index (κ1) is 24.3. The van der Waals surface area contributed by atoms with Gasteiger partial charge in [-0.1, -0.05) is 6.07 Å². The fraction of sp³-hybridized carbons (Fsp3) is 0.615. The molecule has 0 atom stereocenters. The Balaban J connectivity index is 1.33. The normalized spacial score (nSPS) is 24.1. The van der Waals surface area contributed by atoms with Crippen molar-refractivity contribution in [2.24, 2.45) is 0 Å². The molecule has 190 valence electrons. The Kier molecular flexibility index (Phi) is 6.20. The number of benzene rings is 1. The van der Waals surface area contributed by atoms with E-state index in [2.05, 4.69) is 16.8 Å². The standard InChI is InChI=1S/C26H32F3N3O3/c1-17-22(23(33)32-12-5-18-3-4-20(26(27,28)29)15-19(18)16-32)25(35-24(17)34)8-13-31(14-9-25)21-6-10-30(2)11-7-21/h3-4,15,21H,5-14,16H2,1-2H3. The van der Waals surface area contributed by atoms with E-state index in [0.29, 0.717) is 48.6 Å². The van der Waals surface area contributed by atoms with Crippen molar-refractivity contribution in [1.82, 2.24) is 14.7 Å². The van der Waals surface area contributed by atoms with Gasteiger partial charge in [0.2, 0.25) is 0 Å². The number of ether oxygens (including phenoxy) is 1. The Morgan fingerprint density at radius 1 is 1.06 bits per heavy atom. The molecule has 5 rings (SSSR count). The minimum atomic E-state index is -4.43. The van der Waals surface area contributed by atoms with Crippen LogP contribution in [0, 0.1) is 0 Å². The lowest BCUT2D eigenvalue weighted by Crippen LogP contribution is -2.53. The maximum Gasteiger partial charge on any atom is 0.416 e. The molecule has 1 spiro atoms. The van der Waals surface area contributed by atoms with Gasteiger partial charge in [0.15, 0.2) is 0 Å². The van der Waals surface area contributed by atoms with Gasteiger partial charge in [-0.25, -0.2) is 4.79 Å². The highest BCUT2D eigenvalue weighted by Crippen LogP contribution is 2.43. The predicted octanol–water partition coefficient (Wildman–Crippen LogP) is 3.39. The van der Waals surface area contributed by atoms with Gasteiger partial charge < -0.3 is 14.5 Å². The van der Waals surface area contributed by atoms with Crippen LogP contribution in [0.4, 0.5) is 13.2 Å². The molecule has 0 bridgehead atoms. The van der Waals surface area contributed by atoms with Crippen molar-refractivity contribution in [3.63, 3.8) is 0 Å². The molecule has 2 fully saturated rings. The number of rotatable bonds is 2. The van der Waals surface area contributed by atoms with Gasteiger partial charge in [0, 0.05) is 50.6 Å². The number of likely N-dealkylation sites (tertiary alicyclic amines) is 2. The van der Waals surface area contributed by atoms with E-state index >= 15 is 0 Å². The molecule has 2 saturated heterocycles. The molecule has 0 radical (unpaired) electrons. The van der Waals surface area contributed by atoms with Crippen LogP contribution >= 0.6 is 0 Å². The number of carbonyl (C=O) groups excluding carboxylic acids is 2. The maximum atomic E-state index is 13.7. The van der Waals surface area contributed by atoms with Crippen molar-refractivity contribution in [2.75, 3.05) is 39.8 Å². The first-order valence-electron chi connectivity index (χ1n) is 12.4. The van der Waals surface area contributed by atoms with Crippen LogP contribution in [-0.4, -0.2) is 78.0 Å². The van der Waals surface area contributed by atoms with Crippen LogP contribution in [0.3, 0.4) is 0 Å². The predicted molar refractivity (Wildman–Crippen MR) is 123 cm³/mol. The van der Waals surface area contributed by atoms with E-state index < -0.39 is 23.3 Å². The van der Waals surface area contributed by atoms with Crippen molar-refractivity contribution in [3.8, 4) is 0 Å². The lowest BCUT2D eigenvalue weighted by atomic mass is 9.81. The van der Waals surface area contributed by atoms with E-state index in [4.69, 9.17) is 4.74 Å². The second-order valence-electron chi connectivity index (χ2n) is 10.4. The summed E-state index contributed by atoms with van der Waals surface area (Å²) in [5, 5.41) is 0. The number of esters is 1. The average molecular weight is 492 g/mol. The molecule has 1 aromatic rings. The number of carbonyl (C=O) groups is 2. The zero-order valence-electron chi connectivity index (χ0n) is 20.3. The number of hydrogen-bond acceptors (Lipinski definition) is 5. The van der Waals surface area contributed by atoms with Gasteiger partial charge in [-0.3, -0.25) is 9.69 Å². The highest BCUT2D eigenvalue weighted by atomic mass is 19.4. The molecule has 0 aliphatic carbocycles. The van der Waals surface area contributed by atoms with Gasteiger partial charge in [0.1, 0.15) is 5.60 Å². The summed E-state index contributed by atoms with van der Waals surface area (Å²) in [7, 11) is 2.13. The van der Waals surface area contributed by atoms with Gasteiger partial charge in [0.05, 0.1) is 11.1 Å². The summed E-state index contributed by atoms with van der Waals surface area (Å²) in [5.41, 5.74) is 0.423. The molecule has 0 unspecified atom stereocenters. The lowest BCUT2D eigenvalue weighted by Gasteiger charge is -2.45. The molecular formula is C26H32F3N3O3. The van der Waals surface area contributed by atoms with Crippen LogP contribution < -0.4 is 0 Å². The summed E-state index contributed by atoms with van der Waals surface area (Å²) in [6.07, 6.45) is -0.610. The quantitative estimate of drug-likeness (QED) is 0.594. The Hall–Kier alpha value is -2.39. The second kappa shape index (κ2) is 8.92. The van der Waals surface area contributed by atoms with Crippen molar-refractivity contribution < 1.29 is 27.5 Å². The number of piperidine rings is 2. The van der Waals surface area contributed by atoms with E-state index in [0.717, 1.165) is 56.7 Å². The number of fused-ring (bicyclic) bond motifs is 1. The fourth-order valence-electron chi connectivity index (χ4n) is 6.13. The molecule has 0 saturated carbocycles. The molecule has 9 heteroatoms. The van der Waals surface area contributed by atoms with Crippen molar-refractivity contribution in [3.05, 3.63) is 46.0 Å². The smallest absolute Gasteiger partial charge is 0.416 e. The Labute approximate surface area is 203 Å². The summed E-state index contributed by atoms with van der Waals surface area (Å²) >= 11 is 0. The van der Waals surface area contributed by atoms with Crippen LogP contribution in [0.15, 0.2) is 29.3 Å². The van der Waals surface area contributed by atoms with Crippen molar-refractivity contribution in [2.45, 2.75) is 63.4 Å². The first-order chi connectivity index (χ1) is 16.6. The third kappa shape index (κ3) is 4.48. The average Bonchev–Trinajstić information content (AvgIpc) is 3.07. The van der Waals surface area contributed by atoms with Gasteiger partial charge in [0.25, 0.3) is 5.91 Å². The summed E-state index contributed by atoms with van der Waals surface area (Å²) in [6, 6.07) is 4.25. The molecule has 4 heterocycles. The molecular weight excluding hydrogens is 459 g/mol. The van der Waals surface area contributed by atoms with E-state index in [1.807, 2.05) is 0 Å². The van der Waals surface area contributed by atoms with Crippen molar-refractivity contribution in [1.29, 1.82) is 0 Å². The lowest BCUT2D eigenvalue weighted by molar-refractivity contribution is -0.152. The number of amides is 1. The third-order valence-corrected chi connectivity index (χ3v) is 8.28. The van der Waals surface area contributed by atoms with Gasteiger partial charge in [-0.05, 0) is 69.6 Å². The molecule has 1 aromatic carbocycles. The second-order valence-corrected chi connectivity index (χ2v) is 10.4. The molecule has 6 nitrogen and oxygen atoms in total. The van der Waals surface area contributed by atoms with E-state index in [1.165, 1.54) is 6.07 Å². The third-order valence-electron chi connectivity index (χ3n) is 8.28. The Bertz CT molecular complexity index is 1050. The van der Waals surface area contributed by atoms with E-state index in [-0.39, 0.29) is 12.5 Å². The molecule has 1 amide bonds. The number of nitrogens with zero attached hydrogens (tertiary/aromatic N) is 3. The summed E-state index contributed by atoms with van der Waals surface area (Å²) < 4.78 is 45.6. The molecule has 0 aromatic heterocycles. The van der Waals surface area contributed by atoms with Crippen LogP contribution in [0.1, 0.15) is 49.3 Å². The minimum absolute atomic E-state index is 0.0981. The number of alkyl halides is 3. The fourth-order valence-corrected chi connectivity index (χ4v) is 6.13. The summed E-state index contributed by atoms with van der Waals surface area (Å²) in [6.45, 7) is 5.77. The van der Waals surface area contributed by atoms with Crippen LogP contribution in [0.25, 0.3) is 0 Å². The number of hydrogen-bond donors (Lipinski definition) is 0. The number of halogens is 3. The zero-order valence-corrected chi connectivity index (χ0v) is 20.3. The highest BCUT2D eigenvalue weighted by Gasteiger charge is 2.52. The first-order valence-corrected chi connectivity index (χ1v) is 12.4. The van der Waals surface area contributed by atoms with Gasteiger partial charge in [-0.15, -0.1) is 0 Å². The van der Waals surface area contributed by atoms with E-state index in [1.54, 1.807) is 11.8 Å². The van der Waals surface area contributed by atoms with Crippen LogP contribution in [0.5, 0.6) is 0 Å². The molecule has 35 heavy (non-hydrogen) atoms. The minimum Gasteiger partial charge on any atom is -0.450 e. The largest absolute Gasteiger partial charge is 0.450 e. The highest BCUT2D eigenvalue weighted by molar-refractivity contribution is 6.07. The van der Waals surface area contributed by atoms with Gasteiger partial charge in [-0.2, -0.15) is 13.2 Å². The summed E-state index contributed by atoms with van der Waals surface area (Å²) in [4.78, 5) is 32.7. The zero-order chi connectivity index (χ0) is 25.0. The molecule has 4 aliphatic heterocycles. The Morgan fingerprint density at radius 2 is 1.74 bits per heavy atom. The SMILES string of the molecule is CC1=C(C(=O)N2CCc3ccc(C(F)(F)F)cc3C2)C2(CCN(C3CCN(C)CC3)CC2)OC1=O. The monoisotopic (exact) mass is 491 g/mol. The Morgan fingerprint density at radius 3 is 2.40 bits per heavy atom. The molecule has 0 N–H and O–H groups in total. The van der Waals surface area contributed by atoms with E-state index in [9.17, 15) is 22.8 Å². The topological polar surface area (TPSA) is 53.1 Å². The maximum absolute atomic E-state index is 13.7. The van der Waals surface area contributed by atoms with Crippen LogP contribution in [0.2, 0.25) is 0 Å². The molecule has 4 aliphatic rings. The van der Waals surface area contributed by atoms with Gasteiger partial charge >= 0.3 is 12.1 Å². The van der Waals surface area contributed by atoms with Crippen molar-refractivity contribution >= 4 is 11.9 Å².